The summed E-state index contributed by atoms with van der Waals surface area (Å²) < 4.78 is 0. The number of hydrogen-bond donors (Lipinski definition) is 2. The summed E-state index contributed by atoms with van der Waals surface area (Å²) in [4.78, 5) is 43.1. The summed E-state index contributed by atoms with van der Waals surface area (Å²) in [7, 11) is 0. The van der Waals surface area contributed by atoms with Gasteiger partial charge in [-0.05, 0) is 18.9 Å². The number of fused-ring (bicyclic) bond motifs is 1. The van der Waals surface area contributed by atoms with E-state index < -0.39 is 0 Å². The fourth-order valence-electron chi connectivity index (χ4n) is 3.86. The predicted molar refractivity (Wildman–Crippen MR) is 96.2 cm³/mol. The molecule has 0 bridgehead atoms. The van der Waals surface area contributed by atoms with Gasteiger partial charge in [-0.15, -0.1) is 0 Å². The maximum Gasteiger partial charge on any atom is 0.256 e. The number of aromatic amines is 1. The Morgan fingerprint density at radius 3 is 2.38 bits per heavy atom. The number of nitrogens with zero attached hydrogens (tertiary/aromatic N) is 2. The summed E-state index contributed by atoms with van der Waals surface area (Å²) in [6, 6.07) is 7.69. The van der Waals surface area contributed by atoms with Gasteiger partial charge in [0.25, 0.3) is 5.91 Å². The van der Waals surface area contributed by atoms with Crippen molar-refractivity contribution in [1.82, 2.24) is 14.8 Å². The summed E-state index contributed by atoms with van der Waals surface area (Å²) in [5.74, 6) is -0.513. The van der Waals surface area contributed by atoms with Gasteiger partial charge in [-0.2, -0.15) is 0 Å². The highest BCUT2D eigenvalue weighted by molar-refractivity contribution is 6.07. The molecule has 3 heterocycles. The number of likely N-dealkylation sites (tertiary alicyclic amines) is 2. The van der Waals surface area contributed by atoms with Crippen molar-refractivity contribution in [3.63, 3.8) is 0 Å². The number of carbonyl (C=O) groups is 3. The van der Waals surface area contributed by atoms with Gasteiger partial charge in [0.15, 0.2) is 0 Å². The fraction of sp³-hybridized carbons (Fsp3) is 0.421. The van der Waals surface area contributed by atoms with Crippen LogP contribution in [0.5, 0.6) is 0 Å². The molecule has 7 heteroatoms. The molecule has 0 atom stereocenters. The number of hydrogen-bond acceptors (Lipinski definition) is 3. The number of nitrogens with two attached hydrogens (primary N) is 1. The van der Waals surface area contributed by atoms with Crippen LogP contribution in [0.15, 0.2) is 30.5 Å². The smallest absolute Gasteiger partial charge is 0.256 e. The van der Waals surface area contributed by atoms with E-state index in [-0.39, 0.29) is 29.6 Å². The maximum absolute atomic E-state index is 12.7. The maximum atomic E-state index is 12.7. The molecule has 2 aliphatic heterocycles. The SMILES string of the molecule is NC(=O)C1CCN(C(=O)C2CN(C(=O)c3c[nH]c4ccccc34)C2)CC1. The number of primary amides is 1. The highest BCUT2D eigenvalue weighted by Gasteiger charge is 2.39. The Balaban J connectivity index is 1.34. The zero-order chi connectivity index (χ0) is 18.3. The van der Waals surface area contributed by atoms with Crippen LogP contribution in [0.1, 0.15) is 23.2 Å². The van der Waals surface area contributed by atoms with E-state index >= 15 is 0 Å². The molecule has 0 spiro atoms. The molecule has 2 aliphatic rings. The minimum absolute atomic E-state index is 0.0427. The minimum Gasteiger partial charge on any atom is -0.369 e. The summed E-state index contributed by atoms with van der Waals surface area (Å²) in [5, 5.41) is 0.904. The molecule has 1 aromatic heterocycles. The van der Waals surface area contributed by atoms with Crippen molar-refractivity contribution in [3.8, 4) is 0 Å². The first-order chi connectivity index (χ1) is 12.5. The van der Waals surface area contributed by atoms with Crippen LogP contribution in [-0.2, 0) is 9.59 Å². The molecule has 3 N–H and O–H groups in total. The van der Waals surface area contributed by atoms with Crippen molar-refractivity contribution in [2.75, 3.05) is 26.2 Å². The van der Waals surface area contributed by atoms with E-state index in [1.54, 1.807) is 16.0 Å². The Bertz CT molecular complexity index is 861. The van der Waals surface area contributed by atoms with Crippen molar-refractivity contribution < 1.29 is 14.4 Å². The third-order valence-electron chi connectivity index (χ3n) is 5.55. The van der Waals surface area contributed by atoms with Gasteiger partial charge >= 0.3 is 0 Å². The third kappa shape index (κ3) is 2.83. The molecule has 0 unspecified atom stereocenters. The molecule has 1 aromatic carbocycles. The lowest BCUT2D eigenvalue weighted by molar-refractivity contribution is -0.142. The van der Waals surface area contributed by atoms with Gasteiger partial charge in [-0.3, -0.25) is 14.4 Å². The summed E-state index contributed by atoms with van der Waals surface area (Å²) in [6.45, 7) is 2.04. The Morgan fingerprint density at radius 2 is 1.69 bits per heavy atom. The summed E-state index contributed by atoms with van der Waals surface area (Å²) >= 11 is 0. The van der Waals surface area contributed by atoms with E-state index in [2.05, 4.69) is 4.98 Å². The van der Waals surface area contributed by atoms with E-state index in [1.807, 2.05) is 24.3 Å². The molecule has 2 saturated heterocycles. The standard InChI is InChI=1S/C19H22N4O3/c20-17(24)12-5-7-22(8-6-12)18(25)13-10-23(11-13)19(26)15-9-21-16-4-2-1-3-14(15)16/h1-4,9,12-13,21H,5-8,10-11H2,(H2,20,24). The van der Waals surface area contributed by atoms with Gasteiger partial charge in [0.2, 0.25) is 11.8 Å². The number of para-hydroxylation sites is 1. The van der Waals surface area contributed by atoms with Crippen molar-refractivity contribution in [2.45, 2.75) is 12.8 Å². The number of rotatable bonds is 3. The molecule has 0 saturated carbocycles. The quantitative estimate of drug-likeness (QED) is 0.859. The lowest BCUT2D eigenvalue weighted by atomic mass is 9.92. The second kappa shape index (κ2) is 6.48. The number of carbonyl (C=O) groups excluding carboxylic acids is 3. The van der Waals surface area contributed by atoms with Crippen LogP contribution >= 0.6 is 0 Å². The molecule has 0 radical (unpaired) electrons. The number of nitrogens with one attached hydrogen (secondary N) is 1. The summed E-state index contributed by atoms with van der Waals surface area (Å²) in [6.07, 6.45) is 2.99. The molecule has 7 nitrogen and oxygen atoms in total. The van der Waals surface area contributed by atoms with Gasteiger partial charge < -0.3 is 20.5 Å². The van der Waals surface area contributed by atoms with Gasteiger partial charge in [0.05, 0.1) is 11.5 Å². The highest BCUT2D eigenvalue weighted by Crippen LogP contribution is 2.26. The van der Waals surface area contributed by atoms with Gasteiger partial charge in [-0.1, -0.05) is 18.2 Å². The van der Waals surface area contributed by atoms with Crippen LogP contribution in [0.25, 0.3) is 10.9 Å². The molecule has 4 rings (SSSR count). The van der Waals surface area contributed by atoms with Crippen molar-refractivity contribution in [2.24, 2.45) is 17.6 Å². The van der Waals surface area contributed by atoms with Crippen molar-refractivity contribution >= 4 is 28.6 Å². The Kier molecular flexibility index (Phi) is 4.14. The van der Waals surface area contributed by atoms with E-state index in [0.29, 0.717) is 44.6 Å². The largest absolute Gasteiger partial charge is 0.369 e. The fourth-order valence-corrected chi connectivity index (χ4v) is 3.86. The first-order valence-corrected chi connectivity index (χ1v) is 8.98. The lowest BCUT2D eigenvalue weighted by Crippen LogP contribution is -2.57. The zero-order valence-electron chi connectivity index (χ0n) is 14.5. The van der Waals surface area contributed by atoms with Crippen LogP contribution in [0, 0.1) is 11.8 Å². The normalized spacial score (nSPS) is 18.8. The first-order valence-electron chi connectivity index (χ1n) is 8.98. The van der Waals surface area contributed by atoms with Crippen molar-refractivity contribution in [1.29, 1.82) is 0 Å². The van der Waals surface area contributed by atoms with Gasteiger partial charge in [0, 0.05) is 49.2 Å². The molecule has 2 fully saturated rings. The van der Waals surface area contributed by atoms with E-state index in [0.717, 1.165) is 10.9 Å². The monoisotopic (exact) mass is 354 g/mol. The molecule has 0 aliphatic carbocycles. The molecule has 26 heavy (non-hydrogen) atoms. The number of H-pyrrole nitrogens is 1. The number of benzene rings is 1. The molecule has 3 amide bonds. The second-order valence-corrected chi connectivity index (χ2v) is 7.16. The topological polar surface area (TPSA) is 99.5 Å². The van der Waals surface area contributed by atoms with Crippen LogP contribution in [-0.4, -0.2) is 58.7 Å². The Hall–Kier alpha value is -2.83. The number of aromatic nitrogens is 1. The van der Waals surface area contributed by atoms with Gasteiger partial charge in [-0.25, -0.2) is 0 Å². The summed E-state index contributed by atoms with van der Waals surface area (Å²) in [5.41, 5.74) is 6.91. The highest BCUT2D eigenvalue weighted by atomic mass is 16.2. The Labute approximate surface area is 151 Å². The van der Waals surface area contributed by atoms with Crippen molar-refractivity contribution in [3.05, 3.63) is 36.0 Å². The average Bonchev–Trinajstić information content (AvgIpc) is 3.04. The van der Waals surface area contributed by atoms with Crippen LogP contribution in [0.3, 0.4) is 0 Å². The third-order valence-corrected chi connectivity index (χ3v) is 5.55. The minimum atomic E-state index is -0.281. The number of piperidine rings is 1. The molecular weight excluding hydrogens is 332 g/mol. The van der Waals surface area contributed by atoms with E-state index in [4.69, 9.17) is 5.73 Å². The molecular formula is C19H22N4O3. The van der Waals surface area contributed by atoms with Gasteiger partial charge in [0.1, 0.15) is 0 Å². The zero-order valence-corrected chi connectivity index (χ0v) is 14.5. The Morgan fingerprint density at radius 1 is 1.00 bits per heavy atom. The molecule has 2 aromatic rings. The average molecular weight is 354 g/mol. The van der Waals surface area contributed by atoms with Crippen LogP contribution in [0.2, 0.25) is 0 Å². The van der Waals surface area contributed by atoms with E-state index in [1.165, 1.54) is 0 Å². The van der Waals surface area contributed by atoms with E-state index in [9.17, 15) is 14.4 Å². The van der Waals surface area contributed by atoms with Crippen LogP contribution in [0.4, 0.5) is 0 Å². The number of amides is 3. The molecule has 136 valence electrons. The second-order valence-electron chi connectivity index (χ2n) is 7.16. The first kappa shape index (κ1) is 16.6. The predicted octanol–water partition coefficient (Wildman–Crippen LogP) is 0.964. The van der Waals surface area contributed by atoms with Crippen LogP contribution < -0.4 is 5.73 Å². The lowest BCUT2D eigenvalue weighted by Gasteiger charge is -2.42.